The zero-order valence-electron chi connectivity index (χ0n) is 13.6. The highest BCUT2D eigenvalue weighted by Crippen LogP contribution is 2.08. The molecule has 0 fully saturated rings. The molecule has 8 nitrogen and oxygen atoms in total. The summed E-state index contributed by atoms with van der Waals surface area (Å²) in [7, 11) is 0. The number of nitrogens with one attached hydrogen (secondary N) is 3. The van der Waals surface area contributed by atoms with Crippen LogP contribution >= 0.6 is 0 Å². The van der Waals surface area contributed by atoms with Gasteiger partial charge >= 0.3 is 0 Å². The normalized spacial score (nSPS) is 9.96. The quantitative estimate of drug-likeness (QED) is 0.673. The molecule has 3 N–H and O–H groups in total. The Labute approximate surface area is 144 Å². The van der Waals surface area contributed by atoms with Gasteiger partial charge < -0.3 is 10.1 Å². The molecular formula is C17H18N4O4. The molecule has 0 aliphatic carbocycles. The maximum Gasteiger partial charge on any atom is 0.269 e. The van der Waals surface area contributed by atoms with E-state index in [1.165, 1.54) is 24.5 Å². The van der Waals surface area contributed by atoms with Gasteiger partial charge in [-0.2, -0.15) is 0 Å². The van der Waals surface area contributed by atoms with E-state index in [2.05, 4.69) is 21.2 Å². The molecular weight excluding hydrogens is 324 g/mol. The molecule has 0 aliphatic rings. The van der Waals surface area contributed by atoms with Crippen molar-refractivity contribution >= 4 is 23.4 Å². The zero-order valence-corrected chi connectivity index (χ0v) is 13.6. The summed E-state index contributed by atoms with van der Waals surface area (Å²) in [5.74, 6) is -1.43. The van der Waals surface area contributed by atoms with Crippen LogP contribution in [0.5, 0.6) is 0 Å². The first-order valence-electron chi connectivity index (χ1n) is 7.48. The second-order valence-corrected chi connectivity index (χ2v) is 5.15. The van der Waals surface area contributed by atoms with Gasteiger partial charge in [0.15, 0.2) is 0 Å². The van der Waals surface area contributed by atoms with Crippen molar-refractivity contribution in [2.75, 3.05) is 18.5 Å². The Morgan fingerprint density at radius 3 is 2.24 bits per heavy atom. The van der Waals surface area contributed by atoms with Gasteiger partial charge in [0, 0.05) is 23.6 Å². The van der Waals surface area contributed by atoms with E-state index >= 15 is 0 Å². The number of carbonyl (C=O) groups is 3. The molecule has 0 unspecified atom stereocenters. The van der Waals surface area contributed by atoms with Gasteiger partial charge in [0.1, 0.15) is 13.2 Å². The van der Waals surface area contributed by atoms with E-state index in [4.69, 9.17) is 4.74 Å². The summed E-state index contributed by atoms with van der Waals surface area (Å²) >= 11 is 0. The van der Waals surface area contributed by atoms with E-state index in [1.807, 2.05) is 19.1 Å². The van der Waals surface area contributed by atoms with Crippen molar-refractivity contribution in [2.24, 2.45) is 0 Å². The van der Waals surface area contributed by atoms with Crippen LogP contribution in [0.4, 0.5) is 5.69 Å². The number of nitrogens with zero attached hydrogens (tertiary/aromatic N) is 1. The van der Waals surface area contributed by atoms with Gasteiger partial charge in [-0.25, -0.2) is 0 Å². The van der Waals surface area contributed by atoms with Crippen molar-refractivity contribution in [3.63, 3.8) is 0 Å². The maximum atomic E-state index is 11.7. The lowest BCUT2D eigenvalue weighted by atomic mass is 10.2. The van der Waals surface area contributed by atoms with Crippen LogP contribution in [-0.4, -0.2) is 35.9 Å². The molecule has 8 heteroatoms. The Bertz CT molecular complexity index is 732. The molecule has 0 radical (unpaired) electrons. The van der Waals surface area contributed by atoms with Gasteiger partial charge in [0.25, 0.3) is 11.8 Å². The first kappa shape index (κ1) is 18.1. The molecule has 0 aliphatic heterocycles. The van der Waals surface area contributed by atoms with E-state index in [1.54, 1.807) is 12.1 Å². The van der Waals surface area contributed by atoms with Crippen molar-refractivity contribution in [3.05, 3.63) is 59.9 Å². The number of ether oxygens (including phenoxy) is 1. The maximum absolute atomic E-state index is 11.7. The monoisotopic (exact) mass is 342 g/mol. The Morgan fingerprint density at radius 2 is 1.56 bits per heavy atom. The van der Waals surface area contributed by atoms with Crippen LogP contribution in [0.2, 0.25) is 0 Å². The van der Waals surface area contributed by atoms with Crippen LogP contribution in [-0.2, 0) is 14.3 Å². The highest BCUT2D eigenvalue weighted by molar-refractivity contribution is 5.95. The minimum absolute atomic E-state index is 0.278. The Kier molecular flexibility index (Phi) is 6.61. The standard InChI is InChI=1S/C17H18N4O4/c1-12-2-4-14(5-3-12)19-15(22)10-25-11-16(23)20-21-17(24)13-6-8-18-9-7-13/h2-9H,10-11H2,1H3,(H,19,22)(H,20,23)(H,21,24). The van der Waals surface area contributed by atoms with E-state index in [0.717, 1.165) is 5.56 Å². The van der Waals surface area contributed by atoms with Gasteiger partial charge in [-0.05, 0) is 31.2 Å². The van der Waals surface area contributed by atoms with Crippen molar-refractivity contribution in [1.82, 2.24) is 15.8 Å². The lowest BCUT2D eigenvalue weighted by molar-refractivity contribution is -0.129. The number of carbonyl (C=O) groups excluding carboxylic acids is 3. The van der Waals surface area contributed by atoms with Crippen LogP contribution < -0.4 is 16.2 Å². The molecule has 1 aromatic carbocycles. The minimum Gasteiger partial charge on any atom is -0.362 e. The first-order chi connectivity index (χ1) is 12.0. The fourth-order valence-corrected chi connectivity index (χ4v) is 1.81. The summed E-state index contributed by atoms with van der Waals surface area (Å²) in [5, 5.41) is 2.64. The lowest BCUT2D eigenvalue weighted by Crippen LogP contribution is -2.43. The SMILES string of the molecule is Cc1ccc(NC(=O)COCC(=O)NNC(=O)c2ccncc2)cc1. The van der Waals surface area contributed by atoms with E-state index in [9.17, 15) is 14.4 Å². The fourth-order valence-electron chi connectivity index (χ4n) is 1.81. The Hall–Kier alpha value is -3.26. The van der Waals surface area contributed by atoms with Crippen LogP contribution in [0, 0.1) is 6.92 Å². The fraction of sp³-hybridized carbons (Fsp3) is 0.176. The van der Waals surface area contributed by atoms with E-state index < -0.39 is 11.8 Å². The van der Waals surface area contributed by atoms with Gasteiger partial charge in [-0.1, -0.05) is 17.7 Å². The topological polar surface area (TPSA) is 109 Å². The molecule has 1 aromatic heterocycles. The molecule has 0 saturated heterocycles. The largest absolute Gasteiger partial charge is 0.362 e. The summed E-state index contributed by atoms with van der Waals surface area (Å²) in [6.45, 7) is 1.30. The average Bonchev–Trinajstić information content (AvgIpc) is 2.62. The molecule has 2 rings (SSSR count). The summed E-state index contributed by atoms with van der Waals surface area (Å²) in [6.07, 6.45) is 2.93. The minimum atomic E-state index is -0.578. The number of hydrazine groups is 1. The molecule has 25 heavy (non-hydrogen) atoms. The highest BCUT2D eigenvalue weighted by atomic mass is 16.5. The second kappa shape index (κ2) is 9.14. The number of amides is 3. The molecule has 2 aromatic rings. The van der Waals surface area contributed by atoms with Crippen LogP contribution in [0.15, 0.2) is 48.8 Å². The number of anilines is 1. The smallest absolute Gasteiger partial charge is 0.269 e. The van der Waals surface area contributed by atoms with Crippen molar-refractivity contribution < 1.29 is 19.1 Å². The van der Waals surface area contributed by atoms with Crippen molar-refractivity contribution in [3.8, 4) is 0 Å². The zero-order chi connectivity index (χ0) is 18.1. The predicted octanol–water partition coefficient (Wildman–Crippen LogP) is 0.806. The number of aryl methyl sites for hydroxylation is 1. The molecule has 0 atom stereocenters. The van der Waals surface area contributed by atoms with Crippen LogP contribution in [0.1, 0.15) is 15.9 Å². The molecule has 0 saturated carbocycles. The van der Waals surface area contributed by atoms with Crippen molar-refractivity contribution in [2.45, 2.75) is 6.92 Å². The third kappa shape index (κ3) is 6.40. The average molecular weight is 342 g/mol. The predicted molar refractivity (Wildman–Crippen MR) is 90.5 cm³/mol. The van der Waals surface area contributed by atoms with E-state index in [-0.39, 0.29) is 19.1 Å². The number of hydrogen-bond donors (Lipinski definition) is 3. The highest BCUT2D eigenvalue weighted by Gasteiger charge is 2.08. The summed E-state index contributed by atoms with van der Waals surface area (Å²) < 4.78 is 5.01. The Morgan fingerprint density at radius 1 is 0.920 bits per heavy atom. The molecule has 0 spiro atoms. The third-order valence-corrected chi connectivity index (χ3v) is 3.06. The number of hydrogen-bond acceptors (Lipinski definition) is 5. The summed E-state index contributed by atoms with van der Waals surface area (Å²) in [5.41, 5.74) is 6.52. The number of benzene rings is 1. The van der Waals surface area contributed by atoms with Crippen LogP contribution in [0.3, 0.4) is 0 Å². The van der Waals surface area contributed by atoms with Gasteiger partial charge in [-0.15, -0.1) is 0 Å². The second-order valence-electron chi connectivity index (χ2n) is 5.15. The number of rotatable bonds is 6. The van der Waals surface area contributed by atoms with E-state index in [0.29, 0.717) is 11.3 Å². The Balaban J connectivity index is 1.64. The molecule has 3 amide bonds. The molecule has 130 valence electrons. The van der Waals surface area contributed by atoms with Gasteiger partial charge in [0.2, 0.25) is 5.91 Å². The lowest BCUT2D eigenvalue weighted by Gasteiger charge is -2.08. The molecule has 1 heterocycles. The summed E-state index contributed by atoms with van der Waals surface area (Å²) in [4.78, 5) is 38.7. The summed E-state index contributed by atoms with van der Waals surface area (Å²) in [6, 6.07) is 10.3. The van der Waals surface area contributed by atoms with Crippen LogP contribution in [0.25, 0.3) is 0 Å². The number of aromatic nitrogens is 1. The number of pyridine rings is 1. The molecule has 0 bridgehead atoms. The first-order valence-corrected chi connectivity index (χ1v) is 7.48. The third-order valence-electron chi connectivity index (χ3n) is 3.06. The van der Waals surface area contributed by atoms with Gasteiger partial charge in [-0.3, -0.25) is 30.2 Å². The van der Waals surface area contributed by atoms with Gasteiger partial charge in [0.05, 0.1) is 0 Å². The van der Waals surface area contributed by atoms with Crippen molar-refractivity contribution in [1.29, 1.82) is 0 Å².